The van der Waals surface area contributed by atoms with Crippen molar-refractivity contribution in [1.29, 1.82) is 0 Å². The van der Waals surface area contributed by atoms with E-state index in [9.17, 15) is 51.2 Å². The van der Waals surface area contributed by atoms with E-state index in [1.165, 1.54) is 48.2 Å². The summed E-state index contributed by atoms with van der Waals surface area (Å²) in [7, 11) is -19.4. The second-order valence-corrected chi connectivity index (χ2v) is 25.9. The maximum Gasteiger partial charge on any atom is 0.397 e. The van der Waals surface area contributed by atoms with E-state index in [-0.39, 0.29) is 134 Å². The lowest BCUT2D eigenvalue weighted by Gasteiger charge is -2.27. The second-order valence-electron chi connectivity index (χ2n) is 16.2. The minimum atomic E-state index is -5.12. The van der Waals surface area contributed by atoms with Gasteiger partial charge in [0, 0.05) is 40.3 Å². The lowest BCUT2D eigenvalue weighted by atomic mass is 10.1. The molecule has 7 N–H and O–H groups in total. The van der Waals surface area contributed by atoms with Gasteiger partial charge in [0.05, 0.1) is 47.1 Å². The number of nitrogens with zero attached hydrogens (tertiary/aromatic N) is 10. The molecule has 1 aliphatic carbocycles. The summed E-state index contributed by atoms with van der Waals surface area (Å²) in [6.07, 6.45) is 0.414. The van der Waals surface area contributed by atoms with Crippen LogP contribution in [0.4, 0.5) is 40.9 Å². The van der Waals surface area contributed by atoms with Gasteiger partial charge in [-0.1, -0.05) is 30.1 Å². The summed E-state index contributed by atoms with van der Waals surface area (Å²) in [5, 5.41) is 10.1. The number of ether oxygens (including phenoxy) is 1. The lowest BCUT2D eigenvalue weighted by Crippen LogP contribution is -2.29. The van der Waals surface area contributed by atoms with Gasteiger partial charge in [-0.15, -0.1) is 0 Å². The Labute approximate surface area is 458 Å². The quantitative estimate of drug-likeness (QED) is 0.0258. The van der Waals surface area contributed by atoms with Gasteiger partial charge in [0.2, 0.25) is 34.4 Å². The standard InChI is InChI=1S/C38H42Cl4N14O16S5/c1-4-15-74(59,60)18-56(3)38-52-34(42)50-36(54-38)46-12-10-44-22-8-6-20-28(32(22)76(64,65)66)72-30-24(40)25-29(23(39)26(30)48-20)71-27-19(47-25)5-7-21(31(27)75(61,62)63)43-9-11-45-35-49-33(41)51-37(53-35)55(2)13-16-73(57,58)17-14-70-77(67,68)69/h5-8,43,47H,4,9-18H2,1-3H3,(H,61,62,63)(H,64,65,66)(H,67,68,69)(H,45,49,51,53)(H,46,50,52,54). The largest absolute Gasteiger partial charge is 0.450 e. The molecule has 2 aromatic carbocycles. The summed E-state index contributed by atoms with van der Waals surface area (Å²) in [5.74, 6) is -3.05. The highest BCUT2D eigenvalue weighted by Crippen LogP contribution is 2.55. The summed E-state index contributed by atoms with van der Waals surface area (Å²) in [6.45, 7) is 0.475. The molecule has 7 rings (SSSR count). The van der Waals surface area contributed by atoms with Crippen molar-refractivity contribution in [1.82, 2.24) is 34.9 Å². The zero-order valence-corrected chi connectivity index (χ0v) is 46.9. The molecule has 77 heavy (non-hydrogen) atoms. The molecule has 4 aromatic rings. The minimum absolute atomic E-state index is 0.0213. The number of halogens is 4. The third kappa shape index (κ3) is 14.8. The molecule has 0 saturated heterocycles. The number of sulfone groups is 2. The Balaban J connectivity index is 1.08. The number of aromatic nitrogens is 7. The molecule has 2 aliphatic heterocycles. The molecule has 2 aromatic heterocycles. The number of benzene rings is 3. The Bertz CT molecular complexity index is 3910. The Kier molecular flexibility index (Phi) is 18.0. The van der Waals surface area contributed by atoms with Crippen LogP contribution in [0.3, 0.4) is 0 Å². The number of hydrogen-bond donors (Lipinski definition) is 7. The van der Waals surface area contributed by atoms with Crippen LogP contribution < -0.4 is 41.2 Å². The first-order chi connectivity index (χ1) is 35.9. The molecule has 418 valence electrons. The van der Waals surface area contributed by atoms with E-state index in [0.717, 1.165) is 0 Å². The summed E-state index contributed by atoms with van der Waals surface area (Å²) in [4.78, 5) is 34.2. The molecule has 0 atom stereocenters. The third-order valence-electron chi connectivity index (χ3n) is 10.4. The lowest BCUT2D eigenvalue weighted by molar-refractivity contribution is 0.284. The number of hydrogen-bond acceptors (Lipinski definition) is 27. The van der Waals surface area contributed by atoms with Gasteiger partial charge in [0.15, 0.2) is 52.3 Å². The summed E-state index contributed by atoms with van der Waals surface area (Å²) in [6, 6.07) is 5.19. The van der Waals surface area contributed by atoms with Crippen LogP contribution >= 0.6 is 46.4 Å². The summed E-state index contributed by atoms with van der Waals surface area (Å²) in [5.41, 5.74) is -0.989. The first-order valence-electron chi connectivity index (χ1n) is 21.8. The Hall–Kier alpha value is -5.57. The van der Waals surface area contributed by atoms with Crippen LogP contribution in [-0.4, -0.2) is 167 Å². The first kappa shape index (κ1) is 59.1. The molecule has 0 saturated carbocycles. The number of fused-ring (bicyclic) bond motifs is 4. The van der Waals surface area contributed by atoms with Crippen molar-refractivity contribution >= 4 is 149 Å². The van der Waals surface area contributed by atoms with Crippen molar-refractivity contribution in [3.05, 3.63) is 50.2 Å². The molecule has 3 aliphatic rings. The summed E-state index contributed by atoms with van der Waals surface area (Å²) < 4.78 is 169. The van der Waals surface area contributed by atoms with Crippen LogP contribution in [0.2, 0.25) is 20.6 Å². The molecular formula is C38H42Cl4N14O16S5. The van der Waals surface area contributed by atoms with Crippen molar-refractivity contribution in [3.8, 4) is 23.0 Å². The van der Waals surface area contributed by atoms with Crippen molar-refractivity contribution in [2.75, 3.05) is 108 Å². The topological polar surface area (TPSA) is 420 Å². The van der Waals surface area contributed by atoms with E-state index in [2.05, 4.69) is 65.3 Å². The van der Waals surface area contributed by atoms with Crippen LogP contribution in [0.5, 0.6) is 11.5 Å². The molecule has 0 spiro atoms. The van der Waals surface area contributed by atoms with Crippen molar-refractivity contribution in [2.45, 2.75) is 23.1 Å². The van der Waals surface area contributed by atoms with E-state index < -0.39 is 89.7 Å². The van der Waals surface area contributed by atoms with Gasteiger partial charge in [0.25, 0.3) is 10.1 Å². The SMILES string of the molecule is CCCS(=O)(=O)CN(C)c1nc(Cl)nc(NCCN=c2ccc3nc4c(Cl)c5c(c(Cl)c4oc-3c2S(=O)(=O)O)Nc2ccc(NCCNc3nc(Cl)nc(N(C)CCS(=O)(=O)CCOS(=O)(=O)O)n3)c(S(=O)(=O)O)c2O5)n1. The Morgan fingerprint density at radius 1 is 0.688 bits per heavy atom. The zero-order valence-electron chi connectivity index (χ0n) is 39.8. The van der Waals surface area contributed by atoms with Crippen LogP contribution in [0.1, 0.15) is 13.3 Å². The van der Waals surface area contributed by atoms with Gasteiger partial charge in [-0.05, 0) is 53.9 Å². The number of nitrogens with one attached hydrogen (secondary N) is 4. The molecule has 39 heteroatoms. The minimum Gasteiger partial charge on any atom is -0.450 e. The maximum absolute atomic E-state index is 13.0. The third-order valence-corrected chi connectivity index (χ3v) is 17.2. The molecular weight excluding hydrogens is 1210 g/mol. The van der Waals surface area contributed by atoms with Crippen molar-refractivity contribution in [3.63, 3.8) is 0 Å². The predicted octanol–water partition coefficient (Wildman–Crippen LogP) is 3.68. The zero-order chi connectivity index (χ0) is 56.4. The maximum atomic E-state index is 13.0. The van der Waals surface area contributed by atoms with Gasteiger partial charge in [-0.2, -0.15) is 55.2 Å². The normalized spacial score (nSPS) is 13.2. The monoisotopic (exact) mass is 1250 g/mol. The molecule has 0 amide bonds. The fourth-order valence-corrected chi connectivity index (χ4v) is 12.5. The molecule has 0 bridgehead atoms. The molecule has 0 fully saturated rings. The average molecular weight is 1250 g/mol. The smallest absolute Gasteiger partial charge is 0.397 e. The molecule has 4 heterocycles. The van der Waals surface area contributed by atoms with E-state index in [4.69, 9.17) is 60.1 Å². The van der Waals surface area contributed by atoms with Crippen LogP contribution in [-0.2, 0) is 54.5 Å². The first-order valence-corrected chi connectivity index (χ1v) is 31.2. The predicted molar refractivity (Wildman–Crippen MR) is 282 cm³/mol. The number of rotatable bonds is 24. The van der Waals surface area contributed by atoms with Gasteiger partial charge in [-0.25, -0.2) is 26.0 Å². The van der Waals surface area contributed by atoms with Gasteiger partial charge in [0.1, 0.15) is 32.8 Å². The van der Waals surface area contributed by atoms with Gasteiger partial charge < -0.3 is 40.2 Å². The Morgan fingerprint density at radius 2 is 1.31 bits per heavy atom. The fraction of sp³-hybridized carbons (Fsp3) is 0.368. The highest BCUT2D eigenvalue weighted by atomic mass is 35.5. The molecule has 0 unspecified atom stereocenters. The highest BCUT2D eigenvalue weighted by molar-refractivity contribution is 7.91. The highest BCUT2D eigenvalue weighted by Gasteiger charge is 2.35. The van der Waals surface area contributed by atoms with Crippen LogP contribution in [0.15, 0.2) is 43.5 Å². The van der Waals surface area contributed by atoms with E-state index >= 15 is 0 Å². The van der Waals surface area contributed by atoms with E-state index in [1.54, 1.807) is 6.92 Å². The molecule has 30 nitrogen and oxygen atoms in total. The van der Waals surface area contributed by atoms with Gasteiger partial charge in [-0.3, -0.25) is 18.7 Å². The summed E-state index contributed by atoms with van der Waals surface area (Å²) >= 11 is 25.9. The van der Waals surface area contributed by atoms with Gasteiger partial charge >= 0.3 is 20.5 Å². The Morgan fingerprint density at radius 3 is 1.94 bits per heavy atom. The van der Waals surface area contributed by atoms with Crippen molar-refractivity contribution in [2.24, 2.45) is 4.99 Å². The molecule has 0 radical (unpaired) electrons. The van der Waals surface area contributed by atoms with E-state index in [1.807, 2.05) is 0 Å². The van der Waals surface area contributed by atoms with Crippen LogP contribution in [0.25, 0.3) is 22.6 Å². The van der Waals surface area contributed by atoms with Crippen LogP contribution in [0, 0.1) is 0 Å². The fourth-order valence-electron chi connectivity index (χ4n) is 7.12. The number of anilines is 7. The van der Waals surface area contributed by atoms with E-state index in [0.29, 0.717) is 6.42 Å². The van der Waals surface area contributed by atoms with Crippen molar-refractivity contribution < 1.29 is 69.1 Å². The average Bonchev–Trinajstić information content (AvgIpc) is 3.40. The second kappa shape index (κ2) is 23.4.